The molecule has 2 aromatic carbocycles. The number of halogens is 3. The maximum absolute atomic E-state index is 13.1. The van der Waals surface area contributed by atoms with E-state index >= 15 is 0 Å². The van der Waals surface area contributed by atoms with Crippen LogP contribution in [-0.4, -0.2) is 24.4 Å². The third kappa shape index (κ3) is 5.03. The first-order valence-corrected chi connectivity index (χ1v) is 8.81. The van der Waals surface area contributed by atoms with Crippen molar-refractivity contribution in [3.05, 3.63) is 75.6 Å². The Labute approximate surface area is 164 Å². The number of rotatable bonds is 5. The number of benzene rings is 2. The van der Waals surface area contributed by atoms with Crippen molar-refractivity contribution in [3.63, 3.8) is 0 Å². The number of anilines is 1. The molecule has 0 radical (unpaired) electrons. The molecule has 0 saturated heterocycles. The summed E-state index contributed by atoms with van der Waals surface area (Å²) in [5.41, 5.74) is 0.355. The van der Waals surface area contributed by atoms with Gasteiger partial charge >= 0.3 is 11.8 Å². The number of nitrogens with one attached hydrogen (secondary N) is 1. The maximum Gasteiger partial charge on any atom is 0.418 e. The van der Waals surface area contributed by atoms with Gasteiger partial charge in [0.15, 0.2) is 0 Å². The van der Waals surface area contributed by atoms with Crippen molar-refractivity contribution in [2.24, 2.45) is 0 Å². The van der Waals surface area contributed by atoms with Crippen molar-refractivity contribution in [1.29, 1.82) is 0 Å². The van der Waals surface area contributed by atoms with Gasteiger partial charge in [-0.25, -0.2) is 4.79 Å². The SMILES string of the molecule is Cc1ccc2c(CN(C)CC(=O)Nc3ccccc3C(F)(F)F)cc(=O)oc2c1. The van der Waals surface area contributed by atoms with Crippen molar-refractivity contribution < 1.29 is 22.4 Å². The van der Waals surface area contributed by atoms with Crippen LogP contribution in [0.3, 0.4) is 0 Å². The molecule has 0 aliphatic heterocycles. The lowest BCUT2D eigenvalue weighted by Crippen LogP contribution is -2.30. The molecule has 0 atom stereocenters. The second kappa shape index (κ2) is 8.08. The van der Waals surface area contributed by atoms with Crippen LogP contribution < -0.4 is 10.9 Å². The van der Waals surface area contributed by atoms with E-state index in [4.69, 9.17) is 4.42 Å². The van der Waals surface area contributed by atoms with Crippen LogP contribution in [0.15, 0.2) is 57.7 Å². The average Bonchev–Trinajstić information content (AvgIpc) is 2.60. The average molecular weight is 404 g/mol. The van der Waals surface area contributed by atoms with Crippen molar-refractivity contribution in [3.8, 4) is 0 Å². The van der Waals surface area contributed by atoms with Gasteiger partial charge in [-0.05, 0) is 43.3 Å². The van der Waals surface area contributed by atoms with Crippen LogP contribution in [0.4, 0.5) is 18.9 Å². The van der Waals surface area contributed by atoms with Crippen LogP contribution in [0.2, 0.25) is 0 Å². The van der Waals surface area contributed by atoms with Crippen LogP contribution in [-0.2, 0) is 17.5 Å². The normalized spacial score (nSPS) is 11.8. The molecule has 0 spiro atoms. The third-order valence-electron chi connectivity index (χ3n) is 4.35. The van der Waals surface area contributed by atoms with Crippen molar-refractivity contribution >= 4 is 22.6 Å². The smallest absolute Gasteiger partial charge is 0.418 e. The number of hydrogen-bond donors (Lipinski definition) is 1. The van der Waals surface area contributed by atoms with Gasteiger partial charge in [0.1, 0.15) is 5.58 Å². The number of alkyl halides is 3. The van der Waals surface area contributed by atoms with Crippen molar-refractivity contribution in [2.45, 2.75) is 19.6 Å². The molecule has 8 heteroatoms. The lowest BCUT2D eigenvalue weighted by molar-refractivity contribution is -0.137. The van der Waals surface area contributed by atoms with Gasteiger partial charge in [-0.15, -0.1) is 0 Å². The second-order valence-corrected chi connectivity index (χ2v) is 6.85. The minimum absolute atomic E-state index is 0.153. The molecule has 0 saturated carbocycles. The number of likely N-dealkylation sites (N-methyl/N-ethyl adjacent to an activating group) is 1. The zero-order valence-corrected chi connectivity index (χ0v) is 15.8. The number of fused-ring (bicyclic) bond motifs is 1. The van der Waals surface area contributed by atoms with E-state index < -0.39 is 23.3 Å². The Bertz CT molecular complexity index is 1110. The molecule has 0 aliphatic rings. The lowest BCUT2D eigenvalue weighted by atomic mass is 10.1. The minimum Gasteiger partial charge on any atom is -0.423 e. The summed E-state index contributed by atoms with van der Waals surface area (Å²) in [6, 6.07) is 11.6. The maximum atomic E-state index is 13.1. The predicted molar refractivity (Wildman–Crippen MR) is 104 cm³/mol. The summed E-state index contributed by atoms with van der Waals surface area (Å²) < 4.78 is 44.4. The van der Waals surface area contributed by atoms with Crippen LogP contribution in [0.25, 0.3) is 11.0 Å². The van der Waals surface area contributed by atoms with E-state index in [-0.39, 0.29) is 18.8 Å². The molecule has 29 heavy (non-hydrogen) atoms. The molecule has 0 aliphatic carbocycles. The Morgan fingerprint density at radius 1 is 1.14 bits per heavy atom. The molecule has 0 unspecified atom stereocenters. The Hall–Kier alpha value is -3.13. The fourth-order valence-electron chi connectivity index (χ4n) is 3.09. The summed E-state index contributed by atoms with van der Waals surface area (Å²) in [6.45, 7) is 1.97. The Morgan fingerprint density at radius 2 is 1.86 bits per heavy atom. The second-order valence-electron chi connectivity index (χ2n) is 6.85. The van der Waals surface area contributed by atoms with Crippen molar-refractivity contribution in [1.82, 2.24) is 4.90 Å². The van der Waals surface area contributed by atoms with E-state index in [0.29, 0.717) is 11.1 Å². The highest BCUT2D eigenvalue weighted by atomic mass is 19.4. The quantitative estimate of drug-likeness (QED) is 0.648. The third-order valence-corrected chi connectivity index (χ3v) is 4.35. The number of amides is 1. The van der Waals surface area contributed by atoms with E-state index in [1.807, 2.05) is 19.1 Å². The first kappa shape index (κ1) is 20.6. The van der Waals surface area contributed by atoms with Gasteiger partial charge in [0.05, 0.1) is 17.8 Å². The number of aryl methyl sites for hydroxylation is 1. The molecule has 152 valence electrons. The van der Waals surface area contributed by atoms with E-state index in [1.165, 1.54) is 24.3 Å². The van der Waals surface area contributed by atoms with Crippen LogP contribution >= 0.6 is 0 Å². The van der Waals surface area contributed by atoms with Gasteiger partial charge in [-0.3, -0.25) is 9.69 Å². The molecule has 0 bridgehead atoms. The molecule has 1 aromatic heterocycles. The summed E-state index contributed by atoms with van der Waals surface area (Å²) in [4.78, 5) is 25.7. The largest absolute Gasteiger partial charge is 0.423 e. The van der Waals surface area contributed by atoms with E-state index in [1.54, 1.807) is 18.0 Å². The van der Waals surface area contributed by atoms with Gasteiger partial charge < -0.3 is 9.73 Å². The zero-order valence-electron chi connectivity index (χ0n) is 15.8. The Balaban J connectivity index is 1.74. The van der Waals surface area contributed by atoms with Crippen LogP contribution in [0.5, 0.6) is 0 Å². The first-order chi connectivity index (χ1) is 13.6. The molecule has 1 amide bonds. The number of carbonyl (C=O) groups is 1. The molecule has 3 rings (SSSR count). The first-order valence-electron chi connectivity index (χ1n) is 8.81. The monoisotopic (exact) mass is 404 g/mol. The highest BCUT2D eigenvalue weighted by Crippen LogP contribution is 2.34. The molecular formula is C21H19F3N2O3. The molecule has 3 aromatic rings. The van der Waals surface area contributed by atoms with Gasteiger partial charge in [-0.1, -0.05) is 24.3 Å². The number of nitrogens with zero attached hydrogens (tertiary/aromatic N) is 1. The predicted octanol–water partition coefficient (Wildman–Crippen LogP) is 4.19. The summed E-state index contributed by atoms with van der Waals surface area (Å²) >= 11 is 0. The fourth-order valence-corrected chi connectivity index (χ4v) is 3.09. The molecule has 1 N–H and O–H groups in total. The summed E-state index contributed by atoms with van der Waals surface area (Å²) in [5.74, 6) is -0.590. The highest BCUT2D eigenvalue weighted by Gasteiger charge is 2.33. The lowest BCUT2D eigenvalue weighted by Gasteiger charge is -2.18. The van der Waals surface area contributed by atoms with Gasteiger partial charge in [-0.2, -0.15) is 13.2 Å². The number of carbonyl (C=O) groups excluding carboxylic acids is 1. The highest BCUT2D eigenvalue weighted by molar-refractivity contribution is 5.93. The van der Waals surface area contributed by atoms with E-state index in [0.717, 1.165) is 17.0 Å². The Morgan fingerprint density at radius 3 is 2.59 bits per heavy atom. The fraction of sp³-hybridized carbons (Fsp3) is 0.238. The Kier molecular flexibility index (Phi) is 5.74. The van der Waals surface area contributed by atoms with Crippen LogP contribution in [0, 0.1) is 6.92 Å². The molecule has 5 nitrogen and oxygen atoms in total. The summed E-state index contributed by atoms with van der Waals surface area (Å²) in [5, 5.41) is 3.05. The van der Waals surface area contributed by atoms with Gasteiger partial charge in [0.2, 0.25) is 5.91 Å². The standard InChI is InChI=1S/C21H19F3N2O3/c1-13-7-8-15-14(10-20(28)29-18(15)9-13)11-26(2)12-19(27)25-17-6-4-3-5-16(17)21(22,23)24/h3-10H,11-12H2,1-2H3,(H,25,27). The number of hydrogen-bond acceptors (Lipinski definition) is 4. The molecule has 0 fully saturated rings. The summed E-state index contributed by atoms with van der Waals surface area (Å²) in [6.07, 6.45) is -4.56. The van der Waals surface area contributed by atoms with Crippen molar-refractivity contribution in [2.75, 3.05) is 18.9 Å². The van der Waals surface area contributed by atoms with E-state index in [9.17, 15) is 22.8 Å². The molecular weight excluding hydrogens is 385 g/mol. The van der Waals surface area contributed by atoms with E-state index in [2.05, 4.69) is 5.32 Å². The van der Waals surface area contributed by atoms with Gasteiger partial charge in [0, 0.05) is 18.0 Å². The van der Waals surface area contributed by atoms with Crippen LogP contribution in [0.1, 0.15) is 16.7 Å². The number of para-hydroxylation sites is 1. The summed E-state index contributed by atoms with van der Waals surface area (Å²) in [7, 11) is 1.64. The minimum atomic E-state index is -4.56. The molecule has 1 heterocycles. The zero-order chi connectivity index (χ0) is 21.2. The topological polar surface area (TPSA) is 62.6 Å². The van der Waals surface area contributed by atoms with Gasteiger partial charge in [0.25, 0.3) is 0 Å².